The zero-order chi connectivity index (χ0) is 14.7. The molecule has 0 saturated heterocycles. The molecule has 104 valence electrons. The van der Waals surface area contributed by atoms with Crippen molar-refractivity contribution in [3.63, 3.8) is 0 Å². The highest BCUT2D eigenvalue weighted by atomic mass is 16.2. The molecule has 0 bridgehead atoms. The number of carbonyl (C=O) groups is 1. The number of aryl methyl sites for hydroxylation is 2. The molecule has 2 aromatic rings. The van der Waals surface area contributed by atoms with Crippen LogP contribution < -0.4 is 16.2 Å². The van der Waals surface area contributed by atoms with E-state index in [-0.39, 0.29) is 5.91 Å². The van der Waals surface area contributed by atoms with E-state index in [4.69, 9.17) is 5.84 Å². The van der Waals surface area contributed by atoms with Gasteiger partial charge in [0.1, 0.15) is 11.5 Å². The van der Waals surface area contributed by atoms with Crippen molar-refractivity contribution in [1.29, 1.82) is 0 Å². The SMILES string of the molecule is Cc1ccc(N(C)C(=O)c2cccc(NN)n2)c(C)c1. The van der Waals surface area contributed by atoms with Gasteiger partial charge in [0.15, 0.2) is 0 Å². The number of nitrogens with zero attached hydrogens (tertiary/aromatic N) is 2. The molecule has 5 nitrogen and oxygen atoms in total. The van der Waals surface area contributed by atoms with Gasteiger partial charge in [-0.3, -0.25) is 4.79 Å². The molecule has 0 atom stereocenters. The lowest BCUT2D eigenvalue weighted by molar-refractivity contribution is 0.0988. The standard InChI is InChI=1S/C15H18N4O/c1-10-7-8-13(11(2)9-10)19(3)15(20)12-5-4-6-14(17-12)18-16/h4-9H,16H2,1-3H3,(H,17,18). The summed E-state index contributed by atoms with van der Waals surface area (Å²) in [6.45, 7) is 4.01. The Kier molecular flexibility index (Phi) is 4.00. The predicted octanol–water partition coefficient (Wildman–Crippen LogP) is 2.26. The second-order valence-electron chi connectivity index (χ2n) is 4.71. The molecule has 0 aliphatic carbocycles. The monoisotopic (exact) mass is 270 g/mol. The van der Waals surface area contributed by atoms with Gasteiger partial charge in [0.25, 0.3) is 5.91 Å². The van der Waals surface area contributed by atoms with Gasteiger partial charge in [0, 0.05) is 12.7 Å². The topological polar surface area (TPSA) is 71.2 Å². The summed E-state index contributed by atoms with van der Waals surface area (Å²) in [5.74, 6) is 5.60. The first-order valence-electron chi connectivity index (χ1n) is 6.32. The van der Waals surface area contributed by atoms with Crippen molar-refractivity contribution in [2.45, 2.75) is 13.8 Å². The predicted molar refractivity (Wildman–Crippen MR) is 80.7 cm³/mol. The van der Waals surface area contributed by atoms with E-state index in [1.807, 2.05) is 32.0 Å². The van der Waals surface area contributed by atoms with Crippen LogP contribution >= 0.6 is 0 Å². The molecule has 0 aliphatic heterocycles. The summed E-state index contributed by atoms with van der Waals surface area (Å²) in [6.07, 6.45) is 0. The molecule has 1 amide bonds. The first-order chi connectivity index (χ1) is 9.52. The number of nitrogen functional groups attached to an aromatic ring is 1. The number of carbonyl (C=O) groups excluding carboxylic acids is 1. The van der Waals surface area contributed by atoms with Crippen LogP contribution in [0.4, 0.5) is 11.5 Å². The highest BCUT2D eigenvalue weighted by molar-refractivity contribution is 6.05. The van der Waals surface area contributed by atoms with E-state index in [2.05, 4.69) is 10.4 Å². The van der Waals surface area contributed by atoms with Crippen LogP contribution in [0.3, 0.4) is 0 Å². The molecule has 0 unspecified atom stereocenters. The van der Waals surface area contributed by atoms with Gasteiger partial charge in [-0.15, -0.1) is 0 Å². The Hall–Kier alpha value is -2.40. The number of amides is 1. The second kappa shape index (κ2) is 5.71. The van der Waals surface area contributed by atoms with Crippen LogP contribution in [0.1, 0.15) is 21.6 Å². The summed E-state index contributed by atoms with van der Waals surface area (Å²) in [6, 6.07) is 11.1. The lowest BCUT2D eigenvalue weighted by Crippen LogP contribution is -2.28. The van der Waals surface area contributed by atoms with Crippen molar-refractivity contribution in [3.8, 4) is 0 Å². The Labute approximate surface area is 118 Å². The van der Waals surface area contributed by atoms with Crippen molar-refractivity contribution in [2.75, 3.05) is 17.4 Å². The van der Waals surface area contributed by atoms with Gasteiger partial charge in [0.05, 0.1) is 0 Å². The summed E-state index contributed by atoms with van der Waals surface area (Å²) >= 11 is 0. The van der Waals surface area contributed by atoms with Crippen molar-refractivity contribution in [2.24, 2.45) is 5.84 Å². The third-order valence-electron chi connectivity index (χ3n) is 3.13. The first-order valence-corrected chi connectivity index (χ1v) is 6.32. The van der Waals surface area contributed by atoms with Gasteiger partial charge in [-0.1, -0.05) is 23.8 Å². The number of pyridine rings is 1. The largest absolute Gasteiger partial charge is 0.310 e. The van der Waals surface area contributed by atoms with Crippen LogP contribution in [0.5, 0.6) is 0 Å². The smallest absolute Gasteiger partial charge is 0.276 e. The van der Waals surface area contributed by atoms with Gasteiger partial charge in [-0.25, -0.2) is 10.8 Å². The number of nitrogens with two attached hydrogens (primary N) is 1. The van der Waals surface area contributed by atoms with E-state index in [1.54, 1.807) is 30.1 Å². The number of nitrogens with one attached hydrogen (secondary N) is 1. The molecule has 1 heterocycles. The number of aromatic nitrogens is 1. The Morgan fingerprint density at radius 1 is 1.25 bits per heavy atom. The number of benzene rings is 1. The highest BCUT2D eigenvalue weighted by Gasteiger charge is 2.16. The van der Waals surface area contributed by atoms with Crippen molar-refractivity contribution in [1.82, 2.24) is 4.98 Å². The maximum atomic E-state index is 12.4. The molecule has 0 saturated carbocycles. The average molecular weight is 270 g/mol. The summed E-state index contributed by atoms with van der Waals surface area (Å²) < 4.78 is 0. The zero-order valence-electron chi connectivity index (χ0n) is 11.8. The fourth-order valence-corrected chi connectivity index (χ4v) is 2.10. The molecule has 3 N–H and O–H groups in total. The van der Waals surface area contributed by atoms with E-state index >= 15 is 0 Å². The summed E-state index contributed by atoms with van der Waals surface area (Å²) in [5, 5.41) is 0. The minimum Gasteiger partial charge on any atom is -0.310 e. The molecule has 0 spiro atoms. The zero-order valence-corrected chi connectivity index (χ0v) is 11.8. The normalized spacial score (nSPS) is 10.2. The summed E-state index contributed by atoms with van der Waals surface area (Å²) in [5.41, 5.74) is 5.87. The Balaban J connectivity index is 2.32. The van der Waals surface area contributed by atoms with E-state index in [9.17, 15) is 4.79 Å². The van der Waals surface area contributed by atoms with Gasteiger partial charge < -0.3 is 10.3 Å². The van der Waals surface area contributed by atoms with Crippen molar-refractivity contribution in [3.05, 3.63) is 53.2 Å². The molecule has 20 heavy (non-hydrogen) atoms. The van der Waals surface area contributed by atoms with Gasteiger partial charge in [0.2, 0.25) is 0 Å². The average Bonchev–Trinajstić information content (AvgIpc) is 2.46. The van der Waals surface area contributed by atoms with Crippen LogP contribution in [-0.4, -0.2) is 17.9 Å². The molecule has 5 heteroatoms. The quantitative estimate of drug-likeness (QED) is 0.663. The lowest BCUT2D eigenvalue weighted by Gasteiger charge is -2.19. The van der Waals surface area contributed by atoms with Crippen molar-refractivity contribution >= 4 is 17.4 Å². The number of hydrazine groups is 1. The number of hydrogen-bond acceptors (Lipinski definition) is 4. The first kappa shape index (κ1) is 14.0. The van der Waals surface area contributed by atoms with E-state index in [0.29, 0.717) is 11.5 Å². The molecule has 0 aliphatic rings. The summed E-state index contributed by atoms with van der Waals surface area (Å²) in [7, 11) is 1.74. The van der Waals surface area contributed by atoms with Gasteiger partial charge in [-0.05, 0) is 37.6 Å². The molecular formula is C15H18N4O. The Morgan fingerprint density at radius 3 is 2.65 bits per heavy atom. The van der Waals surface area contributed by atoms with E-state index < -0.39 is 0 Å². The highest BCUT2D eigenvalue weighted by Crippen LogP contribution is 2.21. The number of rotatable bonds is 3. The lowest BCUT2D eigenvalue weighted by atomic mass is 10.1. The maximum Gasteiger partial charge on any atom is 0.276 e. The molecule has 0 fully saturated rings. The molecule has 2 rings (SSSR count). The fraction of sp³-hybridized carbons (Fsp3) is 0.200. The summed E-state index contributed by atoms with van der Waals surface area (Å²) in [4.78, 5) is 18.2. The number of anilines is 2. The second-order valence-corrected chi connectivity index (χ2v) is 4.71. The van der Waals surface area contributed by atoms with Crippen LogP contribution in [0.15, 0.2) is 36.4 Å². The number of hydrogen-bond donors (Lipinski definition) is 2. The van der Waals surface area contributed by atoms with Gasteiger partial charge >= 0.3 is 0 Å². The minimum atomic E-state index is -0.172. The maximum absolute atomic E-state index is 12.4. The Morgan fingerprint density at radius 2 is 2.00 bits per heavy atom. The van der Waals surface area contributed by atoms with Crippen LogP contribution in [0.25, 0.3) is 0 Å². The molecule has 0 radical (unpaired) electrons. The fourth-order valence-electron chi connectivity index (χ4n) is 2.10. The minimum absolute atomic E-state index is 0.172. The molecule has 1 aromatic heterocycles. The third kappa shape index (κ3) is 2.78. The van der Waals surface area contributed by atoms with E-state index in [1.165, 1.54) is 5.56 Å². The molecule has 1 aromatic carbocycles. The molecular weight excluding hydrogens is 252 g/mol. The van der Waals surface area contributed by atoms with Gasteiger partial charge in [-0.2, -0.15) is 0 Å². The van der Waals surface area contributed by atoms with Crippen LogP contribution in [0.2, 0.25) is 0 Å². The Bertz CT molecular complexity index is 640. The van der Waals surface area contributed by atoms with Crippen LogP contribution in [-0.2, 0) is 0 Å². The van der Waals surface area contributed by atoms with Crippen LogP contribution in [0, 0.1) is 13.8 Å². The van der Waals surface area contributed by atoms with Crippen molar-refractivity contribution < 1.29 is 4.79 Å². The van der Waals surface area contributed by atoms with E-state index in [0.717, 1.165) is 11.3 Å². The third-order valence-corrected chi connectivity index (χ3v) is 3.13.